The Balaban J connectivity index is 1.21. The van der Waals surface area contributed by atoms with Crippen LogP contribution in [0.2, 0.25) is 0 Å². The van der Waals surface area contributed by atoms with Gasteiger partial charge in [-0.1, -0.05) is 140 Å². The van der Waals surface area contributed by atoms with Gasteiger partial charge in [-0.3, -0.25) is 4.57 Å². The van der Waals surface area contributed by atoms with Gasteiger partial charge in [-0.05, 0) is 59.7 Å². The van der Waals surface area contributed by atoms with Crippen molar-refractivity contribution in [2.75, 3.05) is 0 Å². The molecule has 0 radical (unpaired) electrons. The number of hydrogen-bond acceptors (Lipinski definition) is 3. The molecule has 4 aromatic heterocycles. The highest BCUT2D eigenvalue weighted by Gasteiger charge is 2.25. The molecule has 0 saturated heterocycles. The second-order valence-corrected chi connectivity index (χ2v) is 14.6. The lowest BCUT2D eigenvalue weighted by Gasteiger charge is -2.13. The molecule has 0 saturated carbocycles. The van der Waals surface area contributed by atoms with E-state index in [1.165, 1.54) is 21.8 Å². The summed E-state index contributed by atoms with van der Waals surface area (Å²) in [6, 6.07) is 68.3. The summed E-state index contributed by atoms with van der Waals surface area (Å²) >= 11 is 0. The maximum Gasteiger partial charge on any atom is 0.162 e. The molecule has 5 nitrogen and oxygen atoms in total. The molecule has 57 heavy (non-hydrogen) atoms. The normalized spacial score (nSPS) is 11.9. The van der Waals surface area contributed by atoms with Crippen LogP contribution in [0.5, 0.6) is 0 Å². The Labute approximate surface area is 327 Å². The van der Waals surface area contributed by atoms with Gasteiger partial charge in [-0.2, -0.15) is 0 Å². The number of fused-ring (bicyclic) bond motifs is 10. The van der Waals surface area contributed by atoms with E-state index in [9.17, 15) is 0 Å². The molecule has 0 fully saturated rings. The SMILES string of the molecule is c1ccc(-c2cc(-n3c4ccccc4c4c(-c5ccc6c(c5)c5ccccc5n6-c5ccccc5)cc5c6ccccc6oc5c43)nc(-c3ccccc3)n2)cc1. The number of rotatable bonds is 5. The van der Waals surface area contributed by atoms with E-state index in [0.717, 1.165) is 83.2 Å². The lowest BCUT2D eigenvalue weighted by Crippen LogP contribution is -2.02. The van der Waals surface area contributed by atoms with Gasteiger partial charge in [0.25, 0.3) is 0 Å². The zero-order valence-corrected chi connectivity index (χ0v) is 30.7. The number of hydrogen-bond donors (Lipinski definition) is 0. The van der Waals surface area contributed by atoms with Crippen LogP contribution in [0, 0.1) is 0 Å². The van der Waals surface area contributed by atoms with Gasteiger partial charge in [-0.25, -0.2) is 9.97 Å². The second-order valence-electron chi connectivity index (χ2n) is 14.6. The van der Waals surface area contributed by atoms with Crippen molar-refractivity contribution in [3.63, 3.8) is 0 Å². The first-order valence-corrected chi connectivity index (χ1v) is 19.3. The Morgan fingerprint density at radius 2 is 1.02 bits per heavy atom. The number of para-hydroxylation sites is 4. The summed E-state index contributed by atoms with van der Waals surface area (Å²) < 4.78 is 11.5. The minimum Gasteiger partial charge on any atom is -0.454 e. The van der Waals surface area contributed by atoms with E-state index in [-0.39, 0.29) is 0 Å². The van der Waals surface area contributed by atoms with Crippen molar-refractivity contribution >= 4 is 65.6 Å². The largest absolute Gasteiger partial charge is 0.454 e. The van der Waals surface area contributed by atoms with Crippen molar-refractivity contribution in [3.05, 3.63) is 194 Å². The van der Waals surface area contributed by atoms with Crippen molar-refractivity contribution in [1.29, 1.82) is 0 Å². The molecule has 8 aromatic carbocycles. The quantitative estimate of drug-likeness (QED) is 0.177. The van der Waals surface area contributed by atoms with Crippen LogP contribution in [0.15, 0.2) is 199 Å². The first-order chi connectivity index (χ1) is 28.3. The zero-order chi connectivity index (χ0) is 37.5. The molecule has 0 bridgehead atoms. The second kappa shape index (κ2) is 12.4. The number of furan rings is 1. The number of benzene rings is 8. The molecule has 0 atom stereocenters. The van der Waals surface area contributed by atoms with Crippen LogP contribution in [0.3, 0.4) is 0 Å². The summed E-state index contributed by atoms with van der Waals surface area (Å²) in [5, 5.41) is 6.80. The van der Waals surface area contributed by atoms with E-state index < -0.39 is 0 Å². The first kappa shape index (κ1) is 31.6. The van der Waals surface area contributed by atoms with Crippen LogP contribution in [0.1, 0.15) is 0 Å². The zero-order valence-electron chi connectivity index (χ0n) is 30.7. The van der Waals surface area contributed by atoms with Crippen LogP contribution >= 0.6 is 0 Å². The van der Waals surface area contributed by atoms with Crippen molar-refractivity contribution < 1.29 is 4.42 Å². The number of nitrogens with zero attached hydrogens (tertiary/aromatic N) is 4. The summed E-state index contributed by atoms with van der Waals surface area (Å²) in [6.45, 7) is 0. The molecule has 0 spiro atoms. The lowest BCUT2D eigenvalue weighted by atomic mass is 9.95. The van der Waals surface area contributed by atoms with Crippen molar-refractivity contribution in [2.45, 2.75) is 0 Å². The topological polar surface area (TPSA) is 48.8 Å². The third-order valence-electron chi connectivity index (χ3n) is 11.3. The van der Waals surface area contributed by atoms with E-state index in [1.54, 1.807) is 0 Å². The highest BCUT2D eigenvalue weighted by Crippen LogP contribution is 2.46. The monoisotopic (exact) mass is 728 g/mol. The van der Waals surface area contributed by atoms with Crippen LogP contribution in [-0.2, 0) is 0 Å². The summed E-state index contributed by atoms with van der Waals surface area (Å²) in [5.41, 5.74) is 12.3. The molecule has 0 unspecified atom stereocenters. The molecule has 5 heteroatoms. The van der Waals surface area contributed by atoms with Gasteiger partial charge < -0.3 is 8.98 Å². The summed E-state index contributed by atoms with van der Waals surface area (Å²) in [7, 11) is 0. The summed E-state index contributed by atoms with van der Waals surface area (Å²) in [4.78, 5) is 10.5. The van der Waals surface area contributed by atoms with Gasteiger partial charge in [0.2, 0.25) is 0 Å². The van der Waals surface area contributed by atoms with Crippen molar-refractivity contribution in [2.24, 2.45) is 0 Å². The standard InChI is InChI=1S/C52H32N4O/c1-4-16-33(17-5-1)43-32-48(54-52(53-43)34-18-6-2-7-19-34)56-45-26-14-11-24-39(45)49-40(31-42-38-23-12-15-27-47(38)57-51(42)50(49)56)35-28-29-46-41(30-35)37-22-10-13-25-44(37)55(46)36-20-8-3-9-21-36/h1-32H. The molecular formula is C52H32N4O. The third-order valence-corrected chi connectivity index (χ3v) is 11.3. The van der Waals surface area contributed by atoms with Gasteiger partial charge >= 0.3 is 0 Å². The molecule has 12 rings (SSSR count). The van der Waals surface area contributed by atoms with Gasteiger partial charge in [-0.15, -0.1) is 0 Å². The Bertz CT molecular complexity index is 3450. The lowest BCUT2D eigenvalue weighted by molar-refractivity contribution is 0.671. The maximum atomic E-state index is 6.89. The van der Waals surface area contributed by atoms with Gasteiger partial charge in [0.15, 0.2) is 11.4 Å². The molecule has 0 amide bonds. The molecule has 12 aromatic rings. The summed E-state index contributed by atoms with van der Waals surface area (Å²) in [6.07, 6.45) is 0. The van der Waals surface area contributed by atoms with Crippen LogP contribution in [-0.4, -0.2) is 19.1 Å². The first-order valence-electron chi connectivity index (χ1n) is 19.3. The Hall–Kier alpha value is -7.76. The molecule has 0 N–H and O–H groups in total. The van der Waals surface area contributed by atoms with Crippen LogP contribution < -0.4 is 0 Å². The van der Waals surface area contributed by atoms with Crippen molar-refractivity contribution in [3.8, 4) is 45.3 Å². The molecule has 0 aliphatic carbocycles. The van der Waals surface area contributed by atoms with E-state index in [0.29, 0.717) is 5.82 Å². The smallest absolute Gasteiger partial charge is 0.162 e. The molecular weight excluding hydrogens is 697 g/mol. The molecule has 0 aliphatic rings. The molecule has 4 heterocycles. The van der Waals surface area contributed by atoms with E-state index >= 15 is 0 Å². The van der Waals surface area contributed by atoms with Gasteiger partial charge in [0, 0.05) is 55.2 Å². The Kier molecular flexibility index (Phi) is 6.86. The van der Waals surface area contributed by atoms with Gasteiger partial charge in [0.05, 0.1) is 27.8 Å². The molecule has 0 aliphatic heterocycles. The van der Waals surface area contributed by atoms with Crippen molar-refractivity contribution in [1.82, 2.24) is 19.1 Å². The highest BCUT2D eigenvalue weighted by atomic mass is 16.3. The maximum absolute atomic E-state index is 6.89. The minimum atomic E-state index is 0.662. The highest BCUT2D eigenvalue weighted by molar-refractivity contribution is 6.26. The average molecular weight is 729 g/mol. The van der Waals surface area contributed by atoms with E-state index in [4.69, 9.17) is 14.4 Å². The Morgan fingerprint density at radius 1 is 0.404 bits per heavy atom. The fourth-order valence-electron chi connectivity index (χ4n) is 8.81. The number of aromatic nitrogens is 4. The van der Waals surface area contributed by atoms with E-state index in [2.05, 4.69) is 173 Å². The predicted molar refractivity (Wildman–Crippen MR) is 234 cm³/mol. The minimum absolute atomic E-state index is 0.662. The Morgan fingerprint density at radius 3 is 1.79 bits per heavy atom. The van der Waals surface area contributed by atoms with Crippen LogP contribution in [0.4, 0.5) is 0 Å². The summed E-state index contributed by atoms with van der Waals surface area (Å²) in [5.74, 6) is 1.43. The van der Waals surface area contributed by atoms with Crippen LogP contribution in [0.25, 0.3) is 111 Å². The fourth-order valence-corrected chi connectivity index (χ4v) is 8.81. The molecule has 266 valence electrons. The predicted octanol–water partition coefficient (Wildman–Crippen LogP) is 13.6. The van der Waals surface area contributed by atoms with E-state index in [1.807, 2.05) is 30.3 Å². The van der Waals surface area contributed by atoms with Gasteiger partial charge in [0.1, 0.15) is 11.4 Å². The average Bonchev–Trinajstić information content (AvgIpc) is 3.95. The third kappa shape index (κ3) is 4.82. The fraction of sp³-hybridized carbons (Fsp3) is 0.